The molecule has 3 aromatic rings. The van der Waals surface area contributed by atoms with Gasteiger partial charge >= 0.3 is 0 Å². The van der Waals surface area contributed by atoms with E-state index < -0.39 is 0 Å². The third-order valence-electron chi connectivity index (χ3n) is 4.33. The first-order chi connectivity index (χ1) is 14.9. The van der Waals surface area contributed by atoms with Crippen molar-refractivity contribution in [2.45, 2.75) is 13.5 Å². The average molecular weight is 437 g/mol. The monoisotopic (exact) mass is 436 g/mol. The van der Waals surface area contributed by atoms with E-state index in [-0.39, 0.29) is 24.2 Å². The molecule has 2 amide bonds. The lowest BCUT2D eigenvalue weighted by Gasteiger charge is -2.09. The van der Waals surface area contributed by atoms with Crippen LogP contribution in [0.15, 0.2) is 72.8 Å². The molecule has 0 unspecified atom stereocenters. The zero-order chi connectivity index (χ0) is 22.2. The Bertz CT molecular complexity index is 1080. The van der Waals surface area contributed by atoms with E-state index in [9.17, 15) is 14.4 Å². The average Bonchev–Trinajstić information content (AvgIpc) is 2.76. The normalized spacial score (nSPS) is 10.3. The maximum Gasteiger partial charge on any atom is 0.258 e. The molecule has 31 heavy (non-hydrogen) atoms. The number of benzene rings is 3. The maximum absolute atomic E-state index is 12.5. The third kappa shape index (κ3) is 6.69. The molecule has 0 heterocycles. The summed E-state index contributed by atoms with van der Waals surface area (Å²) in [6, 6.07) is 20.5. The molecule has 0 atom stereocenters. The van der Waals surface area contributed by atoms with Gasteiger partial charge in [0.25, 0.3) is 5.91 Å². The number of ether oxygens (including phenoxy) is 1. The van der Waals surface area contributed by atoms with Gasteiger partial charge in [0.05, 0.1) is 0 Å². The van der Waals surface area contributed by atoms with E-state index in [0.717, 1.165) is 5.56 Å². The first-order valence-corrected chi connectivity index (χ1v) is 9.95. The minimum Gasteiger partial charge on any atom is -0.484 e. The molecule has 0 fully saturated rings. The van der Waals surface area contributed by atoms with Gasteiger partial charge in [-0.05, 0) is 66.2 Å². The predicted molar refractivity (Wildman–Crippen MR) is 119 cm³/mol. The van der Waals surface area contributed by atoms with Gasteiger partial charge in [0.15, 0.2) is 12.4 Å². The van der Waals surface area contributed by atoms with Crippen molar-refractivity contribution in [2.24, 2.45) is 0 Å². The molecule has 3 aromatic carbocycles. The molecule has 0 saturated heterocycles. The number of anilines is 1. The van der Waals surface area contributed by atoms with Crippen LogP contribution < -0.4 is 15.4 Å². The fourth-order valence-electron chi connectivity index (χ4n) is 2.83. The quantitative estimate of drug-likeness (QED) is 0.518. The topological polar surface area (TPSA) is 84.5 Å². The summed E-state index contributed by atoms with van der Waals surface area (Å²) in [5.41, 5.74) is 2.58. The van der Waals surface area contributed by atoms with E-state index in [0.29, 0.717) is 34.1 Å². The van der Waals surface area contributed by atoms with Gasteiger partial charge in [0.2, 0.25) is 5.91 Å². The molecule has 0 saturated carbocycles. The first kappa shape index (κ1) is 22.1. The van der Waals surface area contributed by atoms with Crippen LogP contribution in [0.25, 0.3) is 0 Å². The summed E-state index contributed by atoms with van der Waals surface area (Å²) in [4.78, 5) is 35.7. The van der Waals surface area contributed by atoms with E-state index in [2.05, 4.69) is 10.6 Å². The summed E-state index contributed by atoms with van der Waals surface area (Å²) < 4.78 is 5.49. The summed E-state index contributed by atoms with van der Waals surface area (Å²) in [6.07, 6.45) is 0. The number of carbonyl (C=O) groups excluding carboxylic acids is 3. The molecule has 2 N–H and O–H groups in total. The highest BCUT2D eigenvalue weighted by Crippen LogP contribution is 2.17. The number of nitrogens with one attached hydrogen (secondary N) is 2. The van der Waals surface area contributed by atoms with Gasteiger partial charge in [0, 0.05) is 35.3 Å². The van der Waals surface area contributed by atoms with Gasteiger partial charge in [0.1, 0.15) is 5.75 Å². The second-order valence-electron chi connectivity index (χ2n) is 6.81. The number of halogens is 1. The van der Waals surface area contributed by atoms with E-state index in [1.807, 2.05) is 6.07 Å². The number of hydrogen-bond acceptors (Lipinski definition) is 4. The molecular weight excluding hydrogens is 416 g/mol. The Morgan fingerprint density at radius 3 is 2.19 bits per heavy atom. The van der Waals surface area contributed by atoms with Crippen LogP contribution in [0.3, 0.4) is 0 Å². The van der Waals surface area contributed by atoms with Crippen molar-refractivity contribution < 1.29 is 19.1 Å². The molecule has 0 aliphatic carbocycles. The van der Waals surface area contributed by atoms with E-state index in [1.165, 1.54) is 6.92 Å². The smallest absolute Gasteiger partial charge is 0.258 e. The van der Waals surface area contributed by atoms with E-state index in [4.69, 9.17) is 16.3 Å². The van der Waals surface area contributed by atoms with Crippen LogP contribution in [0.4, 0.5) is 5.69 Å². The van der Waals surface area contributed by atoms with Crippen LogP contribution in [0.5, 0.6) is 5.75 Å². The molecule has 3 rings (SSSR count). The fraction of sp³-hybridized carbons (Fsp3) is 0.125. The molecule has 0 aliphatic rings. The van der Waals surface area contributed by atoms with Crippen LogP contribution in [0, 0.1) is 0 Å². The third-order valence-corrected chi connectivity index (χ3v) is 4.58. The molecule has 158 valence electrons. The van der Waals surface area contributed by atoms with Gasteiger partial charge in [-0.1, -0.05) is 23.7 Å². The fourth-order valence-corrected chi connectivity index (χ4v) is 2.96. The zero-order valence-corrected chi connectivity index (χ0v) is 17.6. The number of hydrogen-bond donors (Lipinski definition) is 2. The number of rotatable bonds is 8. The SMILES string of the molecule is CC(=O)Nc1cccc(CNC(=O)COc2ccc(C(=O)c3ccc(Cl)cc3)cc2)c1. The first-order valence-electron chi connectivity index (χ1n) is 9.57. The van der Waals surface area contributed by atoms with Crippen molar-refractivity contribution in [3.05, 3.63) is 94.5 Å². The van der Waals surface area contributed by atoms with Gasteiger partial charge in [-0.2, -0.15) is 0 Å². The lowest BCUT2D eigenvalue weighted by atomic mass is 10.0. The van der Waals surface area contributed by atoms with E-state index >= 15 is 0 Å². The number of carbonyl (C=O) groups is 3. The lowest BCUT2D eigenvalue weighted by molar-refractivity contribution is -0.123. The standard InChI is InChI=1S/C24H21ClN2O4/c1-16(28)27-21-4-2-3-17(13-21)14-26-23(29)15-31-22-11-7-19(8-12-22)24(30)18-5-9-20(25)10-6-18/h2-13H,14-15H2,1H3,(H,26,29)(H,27,28). The van der Waals surface area contributed by atoms with Gasteiger partial charge in [-0.15, -0.1) is 0 Å². The molecular formula is C24H21ClN2O4. The van der Waals surface area contributed by atoms with Crippen molar-refractivity contribution >= 4 is 34.9 Å². The summed E-state index contributed by atoms with van der Waals surface area (Å²) in [6.45, 7) is 1.59. The summed E-state index contributed by atoms with van der Waals surface area (Å²) >= 11 is 5.85. The van der Waals surface area contributed by atoms with Crippen LogP contribution >= 0.6 is 11.6 Å². The lowest BCUT2D eigenvalue weighted by Crippen LogP contribution is -2.28. The Kier molecular flexibility index (Phi) is 7.40. The van der Waals surface area contributed by atoms with Crippen LogP contribution in [-0.2, 0) is 16.1 Å². The predicted octanol–water partition coefficient (Wildman–Crippen LogP) is 4.22. The summed E-state index contributed by atoms with van der Waals surface area (Å²) in [7, 11) is 0. The Hall–Kier alpha value is -3.64. The van der Waals surface area contributed by atoms with Crippen molar-refractivity contribution in [1.29, 1.82) is 0 Å². The summed E-state index contributed by atoms with van der Waals surface area (Å²) in [5.74, 6) is -0.0837. The molecule has 0 bridgehead atoms. The molecule has 0 aromatic heterocycles. The van der Waals surface area contributed by atoms with Crippen LogP contribution in [0.1, 0.15) is 28.4 Å². The maximum atomic E-state index is 12.5. The highest BCUT2D eigenvalue weighted by atomic mass is 35.5. The minimum absolute atomic E-state index is 0.123. The highest BCUT2D eigenvalue weighted by Gasteiger charge is 2.10. The second kappa shape index (κ2) is 10.4. The Morgan fingerprint density at radius 2 is 1.55 bits per heavy atom. The van der Waals surface area contributed by atoms with E-state index in [1.54, 1.807) is 66.7 Å². The van der Waals surface area contributed by atoms with Gasteiger partial charge in [-0.25, -0.2) is 0 Å². The molecule has 6 nitrogen and oxygen atoms in total. The number of amides is 2. The van der Waals surface area contributed by atoms with Crippen molar-refractivity contribution in [3.8, 4) is 5.75 Å². The van der Waals surface area contributed by atoms with Gasteiger partial charge in [-0.3, -0.25) is 14.4 Å². The van der Waals surface area contributed by atoms with Crippen LogP contribution in [0.2, 0.25) is 5.02 Å². The molecule has 0 aliphatic heterocycles. The Labute approximate surface area is 185 Å². The van der Waals surface area contributed by atoms with Crippen molar-refractivity contribution in [3.63, 3.8) is 0 Å². The molecule has 0 radical (unpaired) electrons. The van der Waals surface area contributed by atoms with Crippen molar-refractivity contribution in [2.75, 3.05) is 11.9 Å². The highest BCUT2D eigenvalue weighted by molar-refractivity contribution is 6.30. The largest absolute Gasteiger partial charge is 0.484 e. The Morgan fingerprint density at radius 1 is 0.903 bits per heavy atom. The van der Waals surface area contributed by atoms with Gasteiger partial charge < -0.3 is 15.4 Å². The molecule has 0 spiro atoms. The van der Waals surface area contributed by atoms with Crippen molar-refractivity contribution in [1.82, 2.24) is 5.32 Å². The Balaban J connectivity index is 1.48. The zero-order valence-electron chi connectivity index (χ0n) is 16.9. The summed E-state index contributed by atoms with van der Waals surface area (Å²) in [5, 5.41) is 6.03. The second-order valence-corrected chi connectivity index (χ2v) is 7.24. The van der Waals surface area contributed by atoms with Crippen LogP contribution in [-0.4, -0.2) is 24.2 Å². The molecule has 7 heteroatoms. The minimum atomic E-state index is -0.286. The number of ketones is 1.